The molecule has 142 valence electrons. The van der Waals surface area contributed by atoms with Gasteiger partial charge in [-0.25, -0.2) is 13.8 Å². The Morgan fingerprint density at radius 2 is 2.11 bits per heavy atom. The van der Waals surface area contributed by atoms with Gasteiger partial charge in [-0.3, -0.25) is 14.3 Å². The number of aromatic nitrogens is 4. The molecule has 2 aromatic heterocycles. The predicted molar refractivity (Wildman–Crippen MR) is 93.4 cm³/mol. The summed E-state index contributed by atoms with van der Waals surface area (Å²) in [4.78, 5) is 23.7. The van der Waals surface area contributed by atoms with Crippen LogP contribution in [0.2, 0.25) is 0 Å². The minimum atomic E-state index is -2.64. The number of fused-ring (bicyclic) bond motifs is 1. The molecule has 1 saturated heterocycles. The largest absolute Gasteiger partial charge is 0.338 e. The van der Waals surface area contributed by atoms with Crippen LogP contribution in [0, 0.1) is 6.92 Å². The third kappa shape index (κ3) is 3.46. The molecule has 3 heterocycles. The first kappa shape index (κ1) is 17.7. The smallest absolute Gasteiger partial charge is 0.261 e. The molecule has 1 fully saturated rings. The van der Waals surface area contributed by atoms with Crippen LogP contribution in [0.4, 0.5) is 8.78 Å². The lowest BCUT2D eigenvalue weighted by Gasteiger charge is -2.25. The number of hydrogen-bond donors (Lipinski definition) is 0. The van der Waals surface area contributed by atoms with Crippen LogP contribution in [-0.2, 0) is 13.1 Å². The second kappa shape index (κ2) is 7.15. The maximum atomic E-state index is 13.2. The van der Waals surface area contributed by atoms with Crippen LogP contribution in [0.3, 0.4) is 0 Å². The van der Waals surface area contributed by atoms with Gasteiger partial charge in [-0.15, -0.1) is 0 Å². The van der Waals surface area contributed by atoms with Gasteiger partial charge < -0.3 is 4.52 Å². The molecule has 4 rings (SSSR count). The Kier molecular flexibility index (Phi) is 4.69. The summed E-state index contributed by atoms with van der Waals surface area (Å²) >= 11 is 0. The fourth-order valence-corrected chi connectivity index (χ4v) is 3.64. The van der Waals surface area contributed by atoms with Gasteiger partial charge in [0.2, 0.25) is 5.89 Å². The van der Waals surface area contributed by atoms with Crippen molar-refractivity contribution in [2.75, 3.05) is 6.54 Å². The van der Waals surface area contributed by atoms with Gasteiger partial charge in [0, 0.05) is 0 Å². The standard InChI is InChI=1S/C18H19F2N5O2/c1-11-21-16(27-23-11)10-24-8-4-7-14(24)17-22-13-6-3-2-5-12(13)18(26)25(17)9-15(19)20/h2-3,5-6,14-15H,4,7-10H2,1H3. The summed E-state index contributed by atoms with van der Waals surface area (Å²) in [5.74, 6) is 1.37. The number of aryl methyl sites for hydroxylation is 1. The predicted octanol–water partition coefficient (Wildman–Crippen LogP) is 2.69. The molecule has 0 aliphatic carbocycles. The van der Waals surface area contributed by atoms with Crippen molar-refractivity contribution >= 4 is 10.9 Å². The molecule has 9 heteroatoms. The van der Waals surface area contributed by atoms with Gasteiger partial charge in [0.25, 0.3) is 12.0 Å². The fraction of sp³-hybridized carbons (Fsp3) is 0.444. The van der Waals surface area contributed by atoms with Crippen molar-refractivity contribution in [3.63, 3.8) is 0 Å². The van der Waals surface area contributed by atoms with E-state index in [1.807, 2.05) is 4.90 Å². The maximum Gasteiger partial charge on any atom is 0.261 e. The molecule has 1 aliphatic heterocycles. The topological polar surface area (TPSA) is 77.0 Å². The molecule has 0 N–H and O–H groups in total. The second-order valence-electron chi connectivity index (χ2n) is 6.66. The summed E-state index contributed by atoms with van der Waals surface area (Å²) in [6.07, 6.45) is -1.05. The Hall–Kier alpha value is -2.68. The first-order chi connectivity index (χ1) is 13.0. The summed E-state index contributed by atoms with van der Waals surface area (Å²) in [6, 6.07) is 6.58. The van der Waals surface area contributed by atoms with Crippen LogP contribution in [-0.4, -0.2) is 37.6 Å². The Bertz CT molecular complexity index is 1020. The first-order valence-electron chi connectivity index (χ1n) is 8.84. The maximum absolute atomic E-state index is 13.2. The molecule has 0 bridgehead atoms. The van der Waals surface area contributed by atoms with E-state index in [0.717, 1.165) is 24.0 Å². The number of para-hydroxylation sites is 1. The highest BCUT2D eigenvalue weighted by Crippen LogP contribution is 2.32. The van der Waals surface area contributed by atoms with Crippen molar-refractivity contribution < 1.29 is 13.3 Å². The number of benzene rings is 1. The molecule has 0 amide bonds. The zero-order chi connectivity index (χ0) is 19.0. The van der Waals surface area contributed by atoms with E-state index in [0.29, 0.717) is 35.0 Å². The third-order valence-electron chi connectivity index (χ3n) is 4.78. The van der Waals surface area contributed by atoms with E-state index >= 15 is 0 Å². The van der Waals surface area contributed by atoms with Crippen LogP contribution in [0.1, 0.15) is 36.4 Å². The zero-order valence-electron chi connectivity index (χ0n) is 14.8. The second-order valence-corrected chi connectivity index (χ2v) is 6.66. The van der Waals surface area contributed by atoms with Gasteiger partial charge in [-0.2, -0.15) is 4.98 Å². The molecule has 0 saturated carbocycles. The normalized spacial score (nSPS) is 18.0. The van der Waals surface area contributed by atoms with E-state index in [1.165, 1.54) is 0 Å². The summed E-state index contributed by atoms with van der Waals surface area (Å²) in [5.41, 5.74) is 0.0832. The SMILES string of the molecule is Cc1noc(CN2CCCC2c2nc3ccccc3c(=O)n2CC(F)F)n1. The van der Waals surface area contributed by atoms with Crippen LogP contribution in [0.25, 0.3) is 10.9 Å². The summed E-state index contributed by atoms with van der Waals surface area (Å²) in [5, 5.41) is 4.13. The van der Waals surface area contributed by atoms with Gasteiger partial charge >= 0.3 is 0 Å². The number of likely N-dealkylation sites (tertiary alicyclic amines) is 1. The number of nitrogens with zero attached hydrogens (tertiary/aromatic N) is 5. The summed E-state index contributed by atoms with van der Waals surface area (Å²) in [7, 11) is 0. The van der Waals surface area contributed by atoms with Crippen LogP contribution >= 0.6 is 0 Å². The third-order valence-corrected chi connectivity index (χ3v) is 4.78. The average Bonchev–Trinajstić information content (AvgIpc) is 3.26. The van der Waals surface area contributed by atoms with E-state index in [9.17, 15) is 13.6 Å². The van der Waals surface area contributed by atoms with Crippen LogP contribution in [0.5, 0.6) is 0 Å². The first-order valence-corrected chi connectivity index (χ1v) is 8.84. The number of hydrogen-bond acceptors (Lipinski definition) is 6. The highest BCUT2D eigenvalue weighted by Gasteiger charge is 2.32. The lowest BCUT2D eigenvalue weighted by Crippen LogP contribution is -2.33. The van der Waals surface area contributed by atoms with E-state index in [1.54, 1.807) is 31.2 Å². The molecule has 0 spiro atoms. The van der Waals surface area contributed by atoms with E-state index in [2.05, 4.69) is 15.1 Å². The van der Waals surface area contributed by atoms with Crippen molar-refractivity contribution in [3.05, 3.63) is 52.2 Å². The minimum Gasteiger partial charge on any atom is -0.338 e. The van der Waals surface area contributed by atoms with Crippen molar-refractivity contribution in [2.45, 2.75) is 45.3 Å². The molecule has 1 atom stereocenters. The Labute approximate surface area is 153 Å². The van der Waals surface area contributed by atoms with Gasteiger partial charge in [-0.05, 0) is 38.4 Å². The highest BCUT2D eigenvalue weighted by molar-refractivity contribution is 5.77. The summed E-state index contributed by atoms with van der Waals surface area (Å²) in [6.45, 7) is 2.20. The molecule has 1 aliphatic rings. The molecule has 0 radical (unpaired) electrons. The number of halogens is 2. The van der Waals surface area contributed by atoms with Crippen molar-refractivity contribution in [3.8, 4) is 0 Å². The minimum absolute atomic E-state index is 0.256. The van der Waals surface area contributed by atoms with Crippen LogP contribution in [0.15, 0.2) is 33.6 Å². The zero-order valence-corrected chi connectivity index (χ0v) is 14.8. The monoisotopic (exact) mass is 375 g/mol. The van der Waals surface area contributed by atoms with Crippen molar-refractivity contribution in [1.29, 1.82) is 0 Å². The van der Waals surface area contributed by atoms with E-state index in [-0.39, 0.29) is 6.04 Å². The quantitative estimate of drug-likeness (QED) is 0.682. The molecule has 27 heavy (non-hydrogen) atoms. The van der Waals surface area contributed by atoms with Gasteiger partial charge in [0.15, 0.2) is 5.82 Å². The van der Waals surface area contributed by atoms with Crippen molar-refractivity contribution in [1.82, 2.24) is 24.6 Å². The van der Waals surface area contributed by atoms with E-state index in [4.69, 9.17) is 4.52 Å². The average molecular weight is 375 g/mol. The van der Waals surface area contributed by atoms with Crippen LogP contribution < -0.4 is 5.56 Å². The molecular weight excluding hydrogens is 356 g/mol. The molecular formula is C18H19F2N5O2. The number of rotatable bonds is 5. The summed E-state index contributed by atoms with van der Waals surface area (Å²) < 4.78 is 32.7. The van der Waals surface area contributed by atoms with Crippen molar-refractivity contribution in [2.24, 2.45) is 0 Å². The lowest BCUT2D eigenvalue weighted by molar-refractivity contribution is 0.119. The lowest BCUT2D eigenvalue weighted by atomic mass is 10.1. The Morgan fingerprint density at radius 1 is 1.30 bits per heavy atom. The van der Waals surface area contributed by atoms with Gasteiger partial charge in [0.05, 0.1) is 30.0 Å². The Balaban J connectivity index is 1.77. The van der Waals surface area contributed by atoms with E-state index < -0.39 is 18.5 Å². The van der Waals surface area contributed by atoms with Gasteiger partial charge in [0.1, 0.15) is 5.82 Å². The molecule has 7 nitrogen and oxygen atoms in total. The molecule has 3 aromatic rings. The highest BCUT2D eigenvalue weighted by atomic mass is 19.3. The van der Waals surface area contributed by atoms with Gasteiger partial charge in [-0.1, -0.05) is 17.3 Å². The Morgan fingerprint density at radius 3 is 2.85 bits per heavy atom. The fourth-order valence-electron chi connectivity index (χ4n) is 3.64. The molecule has 1 aromatic carbocycles. The number of alkyl halides is 2. The molecule has 1 unspecified atom stereocenters.